The minimum atomic E-state index is -2.92. The SMILES string of the molecule is Nc1cc(-c2cnc(OC(F)F)cn2)ccc1Cl. The van der Waals surface area contributed by atoms with Crippen molar-refractivity contribution in [3.8, 4) is 17.1 Å². The monoisotopic (exact) mass is 271 g/mol. The minimum Gasteiger partial charge on any atom is -0.415 e. The zero-order valence-corrected chi connectivity index (χ0v) is 9.73. The van der Waals surface area contributed by atoms with E-state index in [1.807, 2.05) is 0 Å². The number of rotatable bonds is 3. The highest BCUT2D eigenvalue weighted by Gasteiger charge is 2.07. The smallest absolute Gasteiger partial charge is 0.388 e. The third-order valence-corrected chi connectivity index (χ3v) is 2.47. The second-order valence-electron chi connectivity index (χ2n) is 3.35. The number of nitrogen functional groups attached to an aromatic ring is 1. The Balaban J connectivity index is 2.25. The van der Waals surface area contributed by atoms with Gasteiger partial charge in [0.1, 0.15) is 0 Å². The molecule has 1 aromatic carbocycles. The third-order valence-electron chi connectivity index (χ3n) is 2.13. The van der Waals surface area contributed by atoms with Crippen LogP contribution in [0.1, 0.15) is 0 Å². The molecular weight excluding hydrogens is 264 g/mol. The molecule has 7 heteroatoms. The van der Waals surface area contributed by atoms with Crippen LogP contribution in [0.3, 0.4) is 0 Å². The molecule has 2 rings (SSSR count). The highest BCUT2D eigenvalue weighted by molar-refractivity contribution is 6.33. The predicted molar refractivity (Wildman–Crippen MR) is 63.5 cm³/mol. The van der Waals surface area contributed by atoms with Gasteiger partial charge in [-0.3, -0.25) is 0 Å². The average molecular weight is 272 g/mol. The van der Waals surface area contributed by atoms with Crippen LogP contribution in [-0.4, -0.2) is 16.6 Å². The zero-order chi connectivity index (χ0) is 13.1. The lowest BCUT2D eigenvalue weighted by molar-refractivity contribution is -0.0530. The van der Waals surface area contributed by atoms with Crippen molar-refractivity contribution in [3.05, 3.63) is 35.6 Å². The summed E-state index contributed by atoms with van der Waals surface area (Å²) in [6.45, 7) is -2.92. The molecule has 0 amide bonds. The summed E-state index contributed by atoms with van der Waals surface area (Å²) in [5, 5.41) is 0.435. The number of ether oxygens (including phenoxy) is 1. The highest BCUT2D eigenvalue weighted by Crippen LogP contribution is 2.25. The van der Waals surface area contributed by atoms with E-state index in [2.05, 4.69) is 14.7 Å². The molecule has 0 spiro atoms. The summed E-state index contributed by atoms with van der Waals surface area (Å²) >= 11 is 5.79. The van der Waals surface area contributed by atoms with Crippen LogP contribution in [-0.2, 0) is 0 Å². The molecule has 0 aliphatic heterocycles. The molecule has 94 valence electrons. The Morgan fingerprint density at radius 3 is 2.56 bits per heavy atom. The van der Waals surface area contributed by atoms with E-state index in [1.165, 1.54) is 6.20 Å². The van der Waals surface area contributed by atoms with Crippen molar-refractivity contribution in [1.29, 1.82) is 0 Å². The number of hydrogen-bond donors (Lipinski definition) is 1. The second kappa shape index (κ2) is 5.14. The maximum Gasteiger partial charge on any atom is 0.388 e. The molecule has 2 N–H and O–H groups in total. The molecule has 0 radical (unpaired) electrons. The number of hydrogen-bond acceptors (Lipinski definition) is 4. The van der Waals surface area contributed by atoms with Gasteiger partial charge in [0.2, 0.25) is 5.88 Å². The van der Waals surface area contributed by atoms with E-state index in [0.29, 0.717) is 22.0 Å². The van der Waals surface area contributed by atoms with Crippen molar-refractivity contribution < 1.29 is 13.5 Å². The van der Waals surface area contributed by atoms with Crippen LogP contribution < -0.4 is 10.5 Å². The first-order valence-corrected chi connectivity index (χ1v) is 5.26. The summed E-state index contributed by atoms with van der Waals surface area (Å²) in [7, 11) is 0. The van der Waals surface area contributed by atoms with Crippen molar-refractivity contribution in [1.82, 2.24) is 9.97 Å². The van der Waals surface area contributed by atoms with Gasteiger partial charge >= 0.3 is 6.61 Å². The first kappa shape index (κ1) is 12.5. The number of nitrogens with two attached hydrogens (primary N) is 1. The van der Waals surface area contributed by atoms with Gasteiger partial charge in [-0.15, -0.1) is 0 Å². The van der Waals surface area contributed by atoms with Gasteiger partial charge in [0.05, 0.1) is 28.8 Å². The normalized spacial score (nSPS) is 10.7. The lowest BCUT2D eigenvalue weighted by atomic mass is 10.1. The summed E-state index contributed by atoms with van der Waals surface area (Å²) < 4.78 is 27.9. The maximum absolute atomic E-state index is 11.9. The van der Waals surface area contributed by atoms with E-state index < -0.39 is 6.61 Å². The fourth-order valence-electron chi connectivity index (χ4n) is 1.32. The van der Waals surface area contributed by atoms with Crippen LogP contribution in [0.4, 0.5) is 14.5 Å². The predicted octanol–water partition coefficient (Wildman–Crippen LogP) is 2.98. The third kappa shape index (κ3) is 2.84. The summed E-state index contributed by atoms with van der Waals surface area (Å²) in [4.78, 5) is 7.66. The Hall–Kier alpha value is -1.95. The van der Waals surface area contributed by atoms with Gasteiger partial charge in [0.15, 0.2) is 0 Å². The van der Waals surface area contributed by atoms with Gasteiger partial charge in [-0.2, -0.15) is 8.78 Å². The van der Waals surface area contributed by atoms with E-state index in [-0.39, 0.29) is 5.88 Å². The van der Waals surface area contributed by atoms with Crippen molar-refractivity contribution >= 4 is 17.3 Å². The van der Waals surface area contributed by atoms with E-state index in [4.69, 9.17) is 17.3 Å². The van der Waals surface area contributed by atoms with Crippen molar-refractivity contribution in [3.63, 3.8) is 0 Å². The fraction of sp³-hybridized carbons (Fsp3) is 0.0909. The zero-order valence-electron chi connectivity index (χ0n) is 8.98. The van der Waals surface area contributed by atoms with Crippen molar-refractivity contribution in [2.24, 2.45) is 0 Å². The highest BCUT2D eigenvalue weighted by atomic mass is 35.5. The van der Waals surface area contributed by atoms with Crippen molar-refractivity contribution in [2.45, 2.75) is 6.61 Å². The number of aromatic nitrogens is 2. The maximum atomic E-state index is 11.9. The molecule has 4 nitrogen and oxygen atoms in total. The Labute approximate surface area is 106 Å². The molecule has 0 saturated heterocycles. The van der Waals surface area contributed by atoms with Crippen molar-refractivity contribution in [2.75, 3.05) is 5.73 Å². The quantitative estimate of drug-likeness (QED) is 0.872. The molecule has 0 aliphatic rings. The summed E-state index contributed by atoms with van der Waals surface area (Å²) in [5.74, 6) is -0.240. The van der Waals surface area contributed by atoms with Crippen LogP contribution in [0.15, 0.2) is 30.6 Å². The fourth-order valence-corrected chi connectivity index (χ4v) is 1.44. The Kier molecular flexibility index (Phi) is 3.57. The number of benzene rings is 1. The van der Waals surface area contributed by atoms with Gasteiger partial charge < -0.3 is 10.5 Å². The summed E-state index contributed by atoms with van der Waals surface area (Å²) in [6.07, 6.45) is 2.44. The lowest BCUT2D eigenvalue weighted by Crippen LogP contribution is -2.04. The Bertz CT molecular complexity index is 548. The number of halogens is 3. The molecular formula is C11H8ClF2N3O. The van der Waals surface area contributed by atoms with E-state index in [1.54, 1.807) is 18.2 Å². The molecule has 0 bridgehead atoms. The largest absolute Gasteiger partial charge is 0.415 e. The molecule has 0 saturated carbocycles. The topological polar surface area (TPSA) is 61.0 Å². The van der Waals surface area contributed by atoms with Crippen LogP contribution >= 0.6 is 11.6 Å². The molecule has 1 aromatic heterocycles. The van der Waals surface area contributed by atoms with Gasteiger partial charge in [0, 0.05) is 5.56 Å². The molecule has 0 atom stereocenters. The second-order valence-corrected chi connectivity index (χ2v) is 3.76. The number of anilines is 1. The van der Waals surface area contributed by atoms with Gasteiger partial charge in [-0.05, 0) is 12.1 Å². The summed E-state index contributed by atoms with van der Waals surface area (Å²) in [5.41, 5.74) is 7.23. The van der Waals surface area contributed by atoms with E-state index in [9.17, 15) is 8.78 Å². The molecule has 1 heterocycles. The van der Waals surface area contributed by atoms with Crippen LogP contribution in [0, 0.1) is 0 Å². The number of nitrogens with zero attached hydrogens (tertiary/aromatic N) is 2. The van der Waals surface area contributed by atoms with E-state index >= 15 is 0 Å². The number of alkyl halides is 2. The van der Waals surface area contributed by atoms with Gasteiger partial charge in [0.25, 0.3) is 0 Å². The molecule has 2 aromatic rings. The average Bonchev–Trinajstić information content (AvgIpc) is 2.33. The standard InChI is InChI=1S/C11H8ClF2N3O/c12-7-2-1-6(3-8(7)15)9-4-17-10(5-16-9)18-11(13)14/h1-5,11H,15H2. The van der Waals surface area contributed by atoms with Crippen LogP contribution in [0.5, 0.6) is 5.88 Å². The molecule has 0 fully saturated rings. The summed E-state index contributed by atoms with van der Waals surface area (Å²) in [6, 6.07) is 4.95. The van der Waals surface area contributed by atoms with E-state index in [0.717, 1.165) is 6.20 Å². The van der Waals surface area contributed by atoms with Gasteiger partial charge in [-0.1, -0.05) is 17.7 Å². The Morgan fingerprint density at radius 2 is 2.00 bits per heavy atom. The molecule has 0 aliphatic carbocycles. The first-order valence-electron chi connectivity index (χ1n) is 4.88. The van der Waals surface area contributed by atoms with Gasteiger partial charge in [-0.25, -0.2) is 9.97 Å². The molecule has 0 unspecified atom stereocenters. The van der Waals surface area contributed by atoms with Crippen LogP contribution in [0.2, 0.25) is 5.02 Å². The minimum absolute atomic E-state index is 0.240. The molecule has 18 heavy (non-hydrogen) atoms. The first-order chi connectivity index (χ1) is 8.56. The van der Waals surface area contributed by atoms with Crippen LogP contribution in [0.25, 0.3) is 11.3 Å². The lowest BCUT2D eigenvalue weighted by Gasteiger charge is -2.05. The Morgan fingerprint density at radius 1 is 1.22 bits per heavy atom.